The number of nitrogens with zero attached hydrogens (tertiary/aromatic N) is 7. The molecular weight excluding hydrogens is 326 g/mol. The Morgan fingerprint density at radius 3 is 2.92 bits per heavy atom. The van der Waals surface area contributed by atoms with E-state index in [0.29, 0.717) is 31.2 Å². The predicted molar refractivity (Wildman–Crippen MR) is 88.4 cm³/mol. The van der Waals surface area contributed by atoms with Gasteiger partial charge in [0, 0.05) is 31.4 Å². The molecule has 4 rings (SSSR count). The summed E-state index contributed by atoms with van der Waals surface area (Å²) in [6.45, 7) is 3.75. The lowest BCUT2D eigenvalue weighted by Crippen LogP contribution is -2.48. The molecule has 1 aliphatic rings. The average molecular weight is 343 g/mol. The van der Waals surface area contributed by atoms with Gasteiger partial charge in [0.1, 0.15) is 11.8 Å². The molecule has 3 aromatic heterocycles. The minimum absolute atomic E-state index is 0.153. The van der Waals surface area contributed by atoms with E-state index in [1.54, 1.807) is 16.9 Å². The number of nitro groups is 1. The monoisotopic (exact) mass is 343 g/mol. The zero-order valence-corrected chi connectivity index (χ0v) is 13.9. The van der Waals surface area contributed by atoms with E-state index in [0.717, 1.165) is 5.56 Å². The van der Waals surface area contributed by atoms with Crippen molar-refractivity contribution in [2.75, 3.05) is 24.6 Å². The molecule has 0 saturated carbocycles. The van der Waals surface area contributed by atoms with Crippen LogP contribution in [0.2, 0.25) is 0 Å². The van der Waals surface area contributed by atoms with Gasteiger partial charge in [0.25, 0.3) is 0 Å². The van der Waals surface area contributed by atoms with Crippen LogP contribution < -0.4 is 4.90 Å². The number of rotatable bonds is 3. The van der Waals surface area contributed by atoms with Crippen molar-refractivity contribution in [2.45, 2.75) is 12.5 Å². The number of anilines is 1. The summed E-state index contributed by atoms with van der Waals surface area (Å²) in [6.07, 6.45) is 4.94. The van der Waals surface area contributed by atoms with Crippen LogP contribution in [0.1, 0.15) is 12.5 Å². The van der Waals surface area contributed by atoms with E-state index in [2.05, 4.69) is 20.1 Å². The van der Waals surface area contributed by atoms with E-state index in [4.69, 9.17) is 4.74 Å². The topological polar surface area (TPSA) is 104 Å². The number of ether oxygens (including phenoxy) is 1. The molecule has 0 amide bonds. The average Bonchev–Trinajstić information content (AvgIpc) is 3.20. The van der Waals surface area contributed by atoms with Gasteiger partial charge < -0.3 is 19.8 Å². The standard InChI is InChI=1S/C15H17N7O3/c1-15(11-7-17-19(2)9-11)10-20(5-6-25-15)13-4-3-12-16-8-14(22(23)24)21(12)18-13/h3-4,7-9H,5-6,10H2,1-2H3. The molecule has 0 bridgehead atoms. The molecule has 1 saturated heterocycles. The van der Waals surface area contributed by atoms with Crippen molar-refractivity contribution in [3.8, 4) is 0 Å². The van der Waals surface area contributed by atoms with Crippen molar-refractivity contribution in [3.05, 3.63) is 46.4 Å². The second-order valence-corrected chi connectivity index (χ2v) is 6.24. The Balaban J connectivity index is 1.68. The fraction of sp³-hybridized carbons (Fsp3) is 0.400. The van der Waals surface area contributed by atoms with E-state index < -0.39 is 10.5 Å². The summed E-state index contributed by atoms with van der Waals surface area (Å²) in [6, 6.07) is 3.55. The number of morpholine rings is 1. The summed E-state index contributed by atoms with van der Waals surface area (Å²) in [7, 11) is 1.86. The Labute approximate surface area is 142 Å². The second kappa shape index (κ2) is 5.52. The lowest BCUT2D eigenvalue weighted by molar-refractivity contribution is -0.391. The number of imidazole rings is 1. The number of hydrogen-bond donors (Lipinski definition) is 0. The van der Waals surface area contributed by atoms with Crippen LogP contribution in [-0.4, -0.2) is 49.0 Å². The first-order chi connectivity index (χ1) is 12.0. The van der Waals surface area contributed by atoms with Gasteiger partial charge in [-0.1, -0.05) is 9.61 Å². The summed E-state index contributed by atoms with van der Waals surface area (Å²) in [4.78, 5) is 16.7. The number of fused-ring (bicyclic) bond motifs is 1. The Bertz CT molecular complexity index is 950. The SMILES string of the molecule is Cn1cc(C2(C)CN(c3ccc4ncc([N+](=O)[O-])n4n3)CCO2)cn1. The maximum absolute atomic E-state index is 11.1. The van der Waals surface area contributed by atoms with Crippen molar-refractivity contribution in [2.24, 2.45) is 7.05 Å². The van der Waals surface area contributed by atoms with Gasteiger partial charge in [0.05, 0.1) is 19.3 Å². The van der Waals surface area contributed by atoms with Crippen molar-refractivity contribution < 1.29 is 9.66 Å². The first kappa shape index (κ1) is 15.5. The summed E-state index contributed by atoms with van der Waals surface area (Å²) in [5.41, 5.74) is 0.900. The van der Waals surface area contributed by atoms with Crippen molar-refractivity contribution in [1.82, 2.24) is 24.4 Å². The van der Waals surface area contributed by atoms with Crippen molar-refractivity contribution >= 4 is 17.3 Å². The van der Waals surface area contributed by atoms with Crippen LogP contribution in [0.4, 0.5) is 11.6 Å². The van der Waals surface area contributed by atoms with Crippen LogP contribution in [0.3, 0.4) is 0 Å². The summed E-state index contributed by atoms with van der Waals surface area (Å²) in [5, 5.41) is 19.7. The van der Waals surface area contributed by atoms with E-state index in [9.17, 15) is 10.1 Å². The molecule has 1 unspecified atom stereocenters. The van der Waals surface area contributed by atoms with Gasteiger partial charge in [-0.3, -0.25) is 4.68 Å². The molecule has 0 radical (unpaired) electrons. The molecule has 1 aliphatic heterocycles. The molecule has 0 aromatic carbocycles. The maximum atomic E-state index is 11.1. The van der Waals surface area contributed by atoms with E-state index in [-0.39, 0.29) is 5.82 Å². The van der Waals surface area contributed by atoms with Crippen LogP contribution in [0, 0.1) is 10.1 Å². The van der Waals surface area contributed by atoms with E-state index >= 15 is 0 Å². The van der Waals surface area contributed by atoms with Gasteiger partial charge >= 0.3 is 5.82 Å². The predicted octanol–water partition coefficient (Wildman–Crippen LogP) is 1.12. The van der Waals surface area contributed by atoms with Gasteiger partial charge in [-0.15, -0.1) is 0 Å². The van der Waals surface area contributed by atoms with Crippen LogP contribution >= 0.6 is 0 Å². The van der Waals surface area contributed by atoms with Gasteiger partial charge in [-0.25, -0.2) is 4.98 Å². The molecule has 0 N–H and O–H groups in total. The van der Waals surface area contributed by atoms with Gasteiger partial charge in [-0.05, 0) is 17.9 Å². The molecule has 10 nitrogen and oxygen atoms in total. The first-order valence-electron chi connectivity index (χ1n) is 7.83. The quantitative estimate of drug-likeness (QED) is 0.518. The molecule has 130 valence electrons. The molecule has 25 heavy (non-hydrogen) atoms. The van der Waals surface area contributed by atoms with Crippen molar-refractivity contribution in [1.29, 1.82) is 0 Å². The van der Waals surface area contributed by atoms with Crippen LogP contribution in [0.15, 0.2) is 30.7 Å². The van der Waals surface area contributed by atoms with Crippen LogP contribution in [-0.2, 0) is 17.4 Å². The van der Waals surface area contributed by atoms with Crippen LogP contribution in [0.5, 0.6) is 0 Å². The highest BCUT2D eigenvalue weighted by Crippen LogP contribution is 2.31. The van der Waals surface area contributed by atoms with Gasteiger partial charge in [-0.2, -0.15) is 5.10 Å². The first-order valence-corrected chi connectivity index (χ1v) is 7.83. The minimum Gasteiger partial charge on any atom is -0.367 e. The maximum Gasteiger partial charge on any atom is 0.368 e. The molecule has 4 heterocycles. The molecule has 10 heteroatoms. The van der Waals surface area contributed by atoms with Crippen LogP contribution in [0.25, 0.3) is 5.65 Å². The lowest BCUT2D eigenvalue weighted by Gasteiger charge is -2.40. The zero-order chi connectivity index (χ0) is 17.6. The molecule has 1 fully saturated rings. The fourth-order valence-electron chi connectivity index (χ4n) is 3.08. The lowest BCUT2D eigenvalue weighted by atomic mass is 9.97. The third-order valence-electron chi connectivity index (χ3n) is 4.43. The molecule has 1 atom stereocenters. The summed E-state index contributed by atoms with van der Waals surface area (Å²) in [5.74, 6) is 0.493. The van der Waals surface area contributed by atoms with Gasteiger partial charge in [0.15, 0.2) is 5.82 Å². The second-order valence-electron chi connectivity index (χ2n) is 6.24. The van der Waals surface area contributed by atoms with Crippen molar-refractivity contribution in [3.63, 3.8) is 0 Å². The minimum atomic E-state index is -0.524. The smallest absolute Gasteiger partial charge is 0.367 e. The molecule has 0 aliphatic carbocycles. The highest BCUT2D eigenvalue weighted by Gasteiger charge is 2.36. The number of aryl methyl sites for hydroxylation is 1. The highest BCUT2D eigenvalue weighted by molar-refractivity contribution is 5.50. The number of aromatic nitrogens is 5. The van der Waals surface area contributed by atoms with Gasteiger partial charge in [0.2, 0.25) is 5.65 Å². The molecule has 3 aromatic rings. The molecule has 0 spiro atoms. The fourth-order valence-corrected chi connectivity index (χ4v) is 3.08. The summed E-state index contributed by atoms with van der Waals surface area (Å²) >= 11 is 0. The highest BCUT2D eigenvalue weighted by atomic mass is 16.6. The number of hydrogen-bond acceptors (Lipinski definition) is 7. The molecular formula is C15H17N7O3. The summed E-state index contributed by atoms with van der Waals surface area (Å²) < 4.78 is 9.00. The Hall–Kier alpha value is -3.01. The third-order valence-corrected chi connectivity index (χ3v) is 4.43. The largest absolute Gasteiger partial charge is 0.368 e. The van der Waals surface area contributed by atoms with E-state index in [1.165, 1.54) is 10.7 Å². The van der Waals surface area contributed by atoms with E-state index in [1.807, 2.05) is 26.2 Å². The Morgan fingerprint density at radius 2 is 2.20 bits per heavy atom. The zero-order valence-electron chi connectivity index (χ0n) is 13.9. The normalized spacial score (nSPS) is 21.0. The Morgan fingerprint density at radius 1 is 1.36 bits per heavy atom. The third kappa shape index (κ3) is 2.60. The Kier molecular flexibility index (Phi) is 3.42.